The van der Waals surface area contributed by atoms with E-state index >= 15 is 0 Å². The number of amides is 1. The van der Waals surface area contributed by atoms with Crippen LogP contribution in [0.5, 0.6) is 5.75 Å². The number of unbranched alkanes of at least 4 members (excludes halogenated alkanes) is 1. The summed E-state index contributed by atoms with van der Waals surface area (Å²) in [6.45, 7) is 10.7. The van der Waals surface area contributed by atoms with Crippen molar-refractivity contribution < 1.29 is 23.9 Å². The van der Waals surface area contributed by atoms with Gasteiger partial charge in [0.2, 0.25) is 5.91 Å². The Kier molecular flexibility index (Phi) is 11.0. The first-order valence-corrected chi connectivity index (χ1v) is 14.8. The third-order valence-electron chi connectivity index (χ3n) is 8.33. The maximum Gasteiger partial charge on any atom is 0.308 e. The summed E-state index contributed by atoms with van der Waals surface area (Å²) in [5, 5.41) is 10.5. The van der Waals surface area contributed by atoms with E-state index in [1.807, 2.05) is 17.0 Å². The van der Waals surface area contributed by atoms with Gasteiger partial charge in [0.05, 0.1) is 46.8 Å². The zero-order valence-electron chi connectivity index (χ0n) is 24.7. The Bertz CT molecular complexity index is 928. The van der Waals surface area contributed by atoms with Crippen molar-refractivity contribution in [2.24, 2.45) is 11.8 Å². The van der Waals surface area contributed by atoms with Crippen LogP contribution in [0.15, 0.2) is 18.2 Å². The number of likely N-dealkylation sites (tertiary alicyclic amines) is 1. The van der Waals surface area contributed by atoms with Crippen LogP contribution in [0.3, 0.4) is 0 Å². The summed E-state index contributed by atoms with van der Waals surface area (Å²) >= 11 is 0. The standard InChI is InChI=1S/C31H51N3O4/c1-7-9-15-32(16-10-17-34(4,5)6)29(35)22-33-21-26(24-12-13-28-25(20-24)14-18-38-28)30(31(36)37)27(33)19-23(3)11-8-2/h12-13,20,23,26-27,30H,7-11,14-19,21-22H2,1-6H3/p+1. The first kappa shape index (κ1) is 30.4. The third-order valence-corrected chi connectivity index (χ3v) is 8.33. The van der Waals surface area contributed by atoms with E-state index in [4.69, 9.17) is 4.74 Å². The van der Waals surface area contributed by atoms with Crippen molar-refractivity contribution in [3.05, 3.63) is 29.3 Å². The van der Waals surface area contributed by atoms with Crippen molar-refractivity contribution in [3.63, 3.8) is 0 Å². The number of rotatable bonds is 15. The summed E-state index contributed by atoms with van der Waals surface area (Å²) in [5.41, 5.74) is 2.23. The number of hydrogen-bond donors (Lipinski definition) is 1. The van der Waals surface area contributed by atoms with Crippen LogP contribution in [0.2, 0.25) is 0 Å². The molecule has 0 aromatic heterocycles. The van der Waals surface area contributed by atoms with Crippen molar-refractivity contribution in [2.45, 2.75) is 77.7 Å². The number of hydrogen-bond acceptors (Lipinski definition) is 4. The molecule has 7 heteroatoms. The molecule has 0 aliphatic carbocycles. The molecule has 0 spiro atoms. The summed E-state index contributed by atoms with van der Waals surface area (Å²) in [5.74, 6) is 0.0648. The number of ether oxygens (including phenoxy) is 1. The molecular weight excluding hydrogens is 478 g/mol. The molecule has 2 aliphatic heterocycles. The molecule has 0 radical (unpaired) electrons. The number of nitrogens with zero attached hydrogens (tertiary/aromatic N) is 3. The molecule has 1 aromatic rings. The zero-order chi connectivity index (χ0) is 27.9. The summed E-state index contributed by atoms with van der Waals surface area (Å²) in [4.78, 5) is 30.7. The van der Waals surface area contributed by atoms with Crippen molar-refractivity contribution in [1.82, 2.24) is 9.80 Å². The maximum atomic E-state index is 13.7. The molecule has 0 saturated carbocycles. The molecule has 7 nitrogen and oxygen atoms in total. The van der Waals surface area contributed by atoms with E-state index in [0.717, 1.165) is 80.4 Å². The fourth-order valence-electron chi connectivity index (χ4n) is 6.30. The van der Waals surface area contributed by atoms with Gasteiger partial charge in [0.15, 0.2) is 0 Å². The predicted octanol–water partition coefficient (Wildman–Crippen LogP) is 4.64. The summed E-state index contributed by atoms with van der Waals surface area (Å²) < 4.78 is 6.58. The molecule has 1 N–H and O–H groups in total. The van der Waals surface area contributed by atoms with E-state index in [-0.39, 0.29) is 17.9 Å². The molecule has 0 bridgehead atoms. The molecule has 4 atom stereocenters. The SMILES string of the molecule is CCCCN(CCC[N+](C)(C)C)C(=O)CN1CC(c2ccc3c(c2)CCO3)C(C(=O)O)C1CC(C)CCC. The molecule has 1 amide bonds. The maximum absolute atomic E-state index is 13.7. The number of benzene rings is 1. The largest absolute Gasteiger partial charge is 0.493 e. The number of carboxylic acid groups (broad SMARTS) is 1. The van der Waals surface area contributed by atoms with Crippen molar-refractivity contribution in [3.8, 4) is 5.75 Å². The molecular formula is C31H52N3O4+. The first-order chi connectivity index (χ1) is 18.0. The van der Waals surface area contributed by atoms with E-state index in [1.54, 1.807) is 0 Å². The summed E-state index contributed by atoms with van der Waals surface area (Å²) in [7, 11) is 6.55. The highest BCUT2D eigenvalue weighted by atomic mass is 16.5. The Morgan fingerprint density at radius 1 is 1.16 bits per heavy atom. The number of fused-ring (bicyclic) bond motifs is 1. The molecule has 2 heterocycles. The lowest BCUT2D eigenvalue weighted by Gasteiger charge is -2.32. The van der Waals surface area contributed by atoms with Crippen molar-refractivity contribution in [1.29, 1.82) is 0 Å². The van der Waals surface area contributed by atoms with Gasteiger partial charge < -0.3 is 19.2 Å². The number of carbonyl (C=O) groups excluding carboxylic acids is 1. The highest BCUT2D eigenvalue weighted by Crippen LogP contribution is 2.42. The van der Waals surface area contributed by atoms with Crippen LogP contribution in [-0.2, 0) is 16.0 Å². The minimum atomic E-state index is -0.749. The van der Waals surface area contributed by atoms with Gasteiger partial charge in [-0.25, -0.2) is 0 Å². The van der Waals surface area contributed by atoms with Crippen LogP contribution < -0.4 is 4.74 Å². The second-order valence-electron chi connectivity index (χ2n) is 12.7. The van der Waals surface area contributed by atoms with Crippen LogP contribution in [0, 0.1) is 11.8 Å². The Morgan fingerprint density at radius 2 is 1.89 bits per heavy atom. The molecule has 214 valence electrons. The zero-order valence-corrected chi connectivity index (χ0v) is 24.7. The van der Waals surface area contributed by atoms with E-state index in [2.05, 4.69) is 52.9 Å². The first-order valence-electron chi connectivity index (χ1n) is 14.8. The minimum Gasteiger partial charge on any atom is -0.493 e. The molecule has 38 heavy (non-hydrogen) atoms. The Labute approximate surface area is 230 Å². The average molecular weight is 531 g/mol. The van der Waals surface area contributed by atoms with E-state index in [0.29, 0.717) is 25.6 Å². The van der Waals surface area contributed by atoms with E-state index in [9.17, 15) is 14.7 Å². The van der Waals surface area contributed by atoms with Gasteiger partial charge in [0, 0.05) is 44.4 Å². The van der Waals surface area contributed by atoms with Gasteiger partial charge in [-0.2, -0.15) is 0 Å². The van der Waals surface area contributed by atoms with Crippen molar-refractivity contribution >= 4 is 11.9 Å². The lowest BCUT2D eigenvalue weighted by atomic mass is 9.81. The van der Waals surface area contributed by atoms with Crippen LogP contribution in [0.1, 0.15) is 76.3 Å². The molecule has 1 aromatic carbocycles. The van der Waals surface area contributed by atoms with Gasteiger partial charge in [-0.05, 0) is 36.0 Å². The normalized spacial score (nSPS) is 22.2. The van der Waals surface area contributed by atoms with Gasteiger partial charge in [-0.15, -0.1) is 0 Å². The predicted molar refractivity (Wildman–Crippen MR) is 153 cm³/mol. The van der Waals surface area contributed by atoms with Gasteiger partial charge in [-0.1, -0.05) is 52.2 Å². The Hall–Kier alpha value is -2.12. The van der Waals surface area contributed by atoms with Gasteiger partial charge in [-0.3, -0.25) is 14.5 Å². The second kappa shape index (κ2) is 13.8. The van der Waals surface area contributed by atoms with Crippen molar-refractivity contribution in [2.75, 3.05) is 60.5 Å². The monoisotopic (exact) mass is 530 g/mol. The minimum absolute atomic E-state index is 0.132. The molecule has 2 aliphatic rings. The molecule has 4 unspecified atom stereocenters. The number of aliphatic carboxylic acids is 1. The second-order valence-corrected chi connectivity index (χ2v) is 12.7. The van der Waals surface area contributed by atoms with Gasteiger partial charge >= 0.3 is 5.97 Å². The van der Waals surface area contributed by atoms with Crippen LogP contribution in [-0.4, -0.2) is 97.8 Å². The lowest BCUT2D eigenvalue weighted by Crippen LogP contribution is -2.46. The topological polar surface area (TPSA) is 70.1 Å². The number of carboxylic acids is 1. The van der Waals surface area contributed by atoms with Crippen LogP contribution >= 0.6 is 0 Å². The lowest BCUT2D eigenvalue weighted by molar-refractivity contribution is -0.870. The van der Waals surface area contributed by atoms with Gasteiger partial charge in [0.25, 0.3) is 0 Å². The number of carbonyl (C=O) groups is 2. The van der Waals surface area contributed by atoms with Crippen LogP contribution in [0.4, 0.5) is 0 Å². The Balaban J connectivity index is 1.83. The quantitative estimate of drug-likeness (QED) is 0.335. The summed E-state index contributed by atoms with van der Waals surface area (Å²) in [6.07, 6.45) is 6.82. The number of quaternary nitrogens is 1. The van der Waals surface area contributed by atoms with E-state index < -0.39 is 11.9 Å². The fourth-order valence-corrected chi connectivity index (χ4v) is 6.30. The summed E-state index contributed by atoms with van der Waals surface area (Å²) in [6, 6.07) is 6.05. The highest BCUT2D eigenvalue weighted by Gasteiger charge is 2.47. The van der Waals surface area contributed by atoms with Gasteiger partial charge in [0.1, 0.15) is 5.75 Å². The van der Waals surface area contributed by atoms with E-state index in [1.165, 1.54) is 5.56 Å². The molecule has 1 saturated heterocycles. The molecule has 1 fully saturated rings. The highest BCUT2D eigenvalue weighted by molar-refractivity contribution is 5.79. The molecule has 3 rings (SSSR count). The smallest absolute Gasteiger partial charge is 0.308 e. The third kappa shape index (κ3) is 8.19. The van der Waals surface area contributed by atoms with Crippen LogP contribution in [0.25, 0.3) is 0 Å². The Morgan fingerprint density at radius 3 is 2.55 bits per heavy atom. The average Bonchev–Trinajstić information content (AvgIpc) is 3.45. The fraction of sp³-hybridized carbons (Fsp3) is 0.742.